The summed E-state index contributed by atoms with van der Waals surface area (Å²) < 4.78 is 47.3. The zero-order valence-corrected chi connectivity index (χ0v) is 21.1. The van der Waals surface area contributed by atoms with E-state index >= 15 is 0 Å². The molecule has 2 aliphatic heterocycles. The molecule has 5 rings (SSSR count). The number of aromatic nitrogens is 1. The fourth-order valence-corrected chi connectivity index (χ4v) is 5.95. The summed E-state index contributed by atoms with van der Waals surface area (Å²) in [5.74, 6) is -0.438. The van der Waals surface area contributed by atoms with Crippen LogP contribution in [0.5, 0.6) is 0 Å². The summed E-state index contributed by atoms with van der Waals surface area (Å²) in [5.41, 5.74) is 0.669. The Balaban J connectivity index is 1.42. The van der Waals surface area contributed by atoms with E-state index < -0.39 is 23.7 Å². The van der Waals surface area contributed by atoms with Crippen LogP contribution in [0.3, 0.4) is 0 Å². The third kappa shape index (κ3) is 5.13. The minimum absolute atomic E-state index is 0.0713. The molecule has 3 fully saturated rings. The maximum Gasteiger partial charge on any atom is 0.416 e. The summed E-state index contributed by atoms with van der Waals surface area (Å²) in [7, 11) is 0. The lowest BCUT2D eigenvalue weighted by Crippen LogP contribution is -2.63. The molecule has 1 aliphatic carbocycles. The minimum atomic E-state index is -4.48. The lowest BCUT2D eigenvalue weighted by atomic mass is 9.61. The highest BCUT2D eigenvalue weighted by atomic mass is 19.4. The van der Waals surface area contributed by atoms with Crippen molar-refractivity contribution in [3.63, 3.8) is 0 Å². The molecule has 1 atom stereocenters. The van der Waals surface area contributed by atoms with Crippen LogP contribution >= 0.6 is 0 Å². The fourth-order valence-electron chi connectivity index (χ4n) is 5.95. The molecule has 1 saturated carbocycles. The predicted octanol–water partition coefficient (Wildman–Crippen LogP) is 4.18. The Morgan fingerprint density at radius 2 is 1.92 bits per heavy atom. The van der Waals surface area contributed by atoms with Gasteiger partial charge in [-0.3, -0.25) is 9.59 Å². The van der Waals surface area contributed by atoms with E-state index in [1.807, 2.05) is 0 Å². The van der Waals surface area contributed by atoms with Crippen LogP contribution in [-0.2, 0) is 10.9 Å². The number of nitrogens with one attached hydrogen (secondary N) is 3. The maximum absolute atomic E-state index is 13.5. The summed E-state index contributed by atoms with van der Waals surface area (Å²) >= 11 is 0. The van der Waals surface area contributed by atoms with Crippen LogP contribution in [0.4, 0.5) is 18.9 Å². The zero-order valence-electron chi connectivity index (χ0n) is 21.1. The summed E-state index contributed by atoms with van der Waals surface area (Å²) in [4.78, 5) is 26.6. The molecule has 1 aromatic carbocycles. The Morgan fingerprint density at radius 3 is 2.54 bits per heavy atom. The molecule has 3 heterocycles. The molecule has 3 aliphatic rings. The number of carbonyl (C=O) groups excluding carboxylic acids is 1. The van der Waals surface area contributed by atoms with E-state index in [4.69, 9.17) is 4.74 Å². The van der Waals surface area contributed by atoms with Gasteiger partial charge in [0.15, 0.2) is 0 Å². The van der Waals surface area contributed by atoms with Gasteiger partial charge in [-0.1, -0.05) is 12.1 Å². The van der Waals surface area contributed by atoms with Gasteiger partial charge in [-0.2, -0.15) is 13.2 Å². The number of benzene rings is 1. The third-order valence-electron chi connectivity index (χ3n) is 8.12. The first-order valence-corrected chi connectivity index (χ1v) is 12.9. The number of halogens is 3. The monoisotopic (exact) mass is 518 g/mol. The zero-order chi connectivity index (χ0) is 26.4. The second-order valence-corrected chi connectivity index (χ2v) is 10.8. The average Bonchev–Trinajstić information content (AvgIpc) is 2.79. The van der Waals surface area contributed by atoms with Gasteiger partial charge in [0.25, 0.3) is 11.5 Å². The highest BCUT2D eigenvalue weighted by Gasteiger charge is 2.48. The second-order valence-electron chi connectivity index (χ2n) is 10.8. The standard InChI is InChI=1S/C27H33F3N4O3/c1-16-20(4-3-5-22(16)27(28,29)30)17(2)32-25(36)21-13-34(19-6-8-37-9-7-19)24(35)10-23(21)33-18-11-26(12-18)14-31-15-26/h3-5,10,13,17-19,31,33H,6-9,11-12,14-15H2,1-2H3,(H,32,36). The van der Waals surface area contributed by atoms with Crippen molar-refractivity contribution in [2.24, 2.45) is 5.41 Å². The Hall–Kier alpha value is -2.85. The number of pyridine rings is 1. The van der Waals surface area contributed by atoms with E-state index in [1.165, 1.54) is 19.1 Å². The Bertz CT molecular complexity index is 1220. The SMILES string of the molecule is Cc1c(C(C)NC(=O)c2cn(C3CCOCC3)c(=O)cc2NC2CC3(CNC3)C2)cccc1C(F)(F)F. The lowest BCUT2D eigenvalue weighted by Gasteiger charge is -2.54. The molecule has 7 nitrogen and oxygen atoms in total. The second kappa shape index (κ2) is 9.79. The van der Waals surface area contributed by atoms with Gasteiger partial charge in [0, 0.05) is 50.7 Å². The number of rotatable bonds is 6. The van der Waals surface area contributed by atoms with Crippen molar-refractivity contribution in [2.45, 2.75) is 63.8 Å². The number of nitrogens with zero attached hydrogens (tertiary/aromatic N) is 1. The van der Waals surface area contributed by atoms with Crippen molar-refractivity contribution in [3.05, 3.63) is 63.1 Å². The molecule has 1 aromatic heterocycles. The van der Waals surface area contributed by atoms with Crippen molar-refractivity contribution in [1.82, 2.24) is 15.2 Å². The van der Waals surface area contributed by atoms with Crippen molar-refractivity contribution >= 4 is 11.6 Å². The first-order valence-electron chi connectivity index (χ1n) is 12.9. The first-order chi connectivity index (χ1) is 17.6. The van der Waals surface area contributed by atoms with E-state index in [-0.39, 0.29) is 23.2 Å². The quantitative estimate of drug-likeness (QED) is 0.535. The van der Waals surface area contributed by atoms with Gasteiger partial charge in [0.1, 0.15) is 0 Å². The molecule has 0 radical (unpaired) electrons. The van der Waals surface area contributed by atoms with Gasteiger partial charge in [0.05, 0.1) is 22.9 Å². The molecule has 1 spiro atoms. The van der Waals surface area contributed by atoms with E-state index in [2.05, 4.69) is 16.0 Å². The number of anilines is 1. The highest BCUT2D eigenvalue weighted by molar-refractivity contribution is 5.99. The largest absolute Gasteiger partial charge is 0.416 e. The molecular weight excluding hydrogens is 485 g/mol. The third-order valence-corrected chi connectivity index (χ3v) is 8.12. The molecule has 1 unspecified atom stereocenters. The van der Waals surface area contributed by atoms with Gasteiger partial charge in [-0.05, 0) is 62.1 Å². The van der Waals surface area contributed by atoms with Crippen LogP contribution in [0.1, 0.15) is 71.7 Å². The Labute approximate surface area is 213 Å². The number of carbonyl (C=O) groups is 1. The van der Waals surface area contributed by atoms with Crippen LogP contribution in [-0.4, -0.2) is 42.8 Å². The normalized spacial score (nSPS) is 20.7. The molecule has 37 heavy (non-hydrogen) atoms. The van der Waals surface area contributed by atoms with Crippen molar-refractivity contribution in [3.8, 4) is 0 Å². The van der Waals surface area contributed by atoms with Crippen molar-refractivity contribution in [1.29, 1.82) is 0 Å². The molecule has 0 bridgehead atoms. The molecular formula is C27H33F3N4O3. The first kappa shape index (κ1) is 25.8. The maximum atomic E-state index is 13.5. The molecule has 1 amide bonds. The van der Waals surface area contributed by atoms with E-state index in [0.29, 0.717) is 48.3 Å². The highest BCUT2D eigenvalue weighted by Crippen LogP contribution is 2.45. The Kier molecular flexibility index (Phi) is 6.83. The van der Waals surface area contributed by atoms with Gasteiger partial charge in [0.2, 0.25) is 0 Å². The number of hydrogen-bond donors (Lipinski definition) is 3. The van der Waals surface area contributed by atoms with Crippen LogP contribution in [0, 0.1) is 12.3 Å². The molecule has 200 valence electrons. The van der Waals surface area contributed by atoms with Crippen LogP contribution < -0.4 is 21.5 Å². The average molecular weight is 519 g/mol. The van der Waals surface area contributed by atoms with E-state index in [9.17, 15) is 22.8 Å². The summed E-state index contributed by atoms with van der Waals surface area (Å²) in [6.45, 7) is 6.14. The van der Waals surface area contributed by atoms with E-state index in [1.54, 1.807) is 23.8 Å². The van der Waals surface area contributed by atoms with Crippen LogP contribution in [0.15, 0.2) is 35.3 Å². The smallest absolute Gasteiger partial charge is 0.381 e. The fraction of sp³-hybridized carbons (Fsp3) is 0.556. The number of ether oxygens (including phenoxy) is 1. The summed E-state index contributed by atoms with van der Waals surface area (Å²) in [5, 5.41) is 9.57. The van der Waals surface area contributed by atoms with Crippen molar-refractivity contribution < 1.29 is 22.7 Å². The molecule has 3 N–H and O–H groups in total. The molecule has 2 aromatic rings. The van der Waals surface area contributed by atoms with Gasteiger partial charge < -0.3 is 25.3 Å². The van der Waals surface area contributed by atoms with Crippen LogP contribution in [0.25, 0.3) is 0 Å². The van der Waals surface area contributed by atoms with Gasteiger partial charge in [-0.15, -0.1) is 0 Å². The number of amides is 1. The Morgan fingerprint density at radius 1 is 1.22 bits per heavy atom. The van der Waals surface area contributed by atoms with Crippen LogP contribution in [0.2, 0.25) is 0 Å². The van der Waals surface area contributed by atoms with Gasteiger partial charge in [-0.25, -0.2) is 0 Å². The van der Waals surface area contributed by atoms with E-state index in [0.717, 1.165) is 32.0 Å². The number of alkyl halides is 3. The molecule has 2 saturated heterocycles. The lowest BCUT2D eigenvalue weighted by molar-refractivity contribution is -0.138. The predicted molar refractivity (Wildman–Crippen MR) is 134 cm³/mol. The van der Waals surface area contributed by atoms with Crippen molar-refractivity contribution in [2.75, 3.05) is 31.6 Å². The molecule has 10 heteroatoms. The van der Waals surface area contributed by atoms with Gasteiger partial charge >= 0.3 is 6.18 Å². The summed E-state index contributed by atoms with van der Waals surface area (Å²) in [6.07, 6.45) is 0.391. The number of hydrogen-bond acceptors (Lipinski definition) is 5. The minimum Gasteiger partial charge on any atom is -0.381 e. The summed E-state index contributed by atoms with van der Waals surface area (Å²) in [6, 6.07) is 4.90. The topological polar surface area (TPSA) is 84.4 Å².